The van der Waals surface area contributed by atoms with Crippen LogP contribution < -0.4 is 0 Å². The second kappa shape index (κ2) is 12.2. The van der Waals surface area contributed by atoms with Crippen molar-refractivity contribution in [2.75, 3.05) is 14.1 Å². The van der Waals surface area contributed by atoms with Crippen LogP contribution in [0.1, 0.15) is 80.6 Å². The van der Waals surface area contributed by atoms with Crippen LogP contribution in [0.5, 0.6) is 0 Å². The molecule has 2 atom stereocenters. The van der Waals surface area contributed by atoms with E-state index in [1.54, 1.807) is 0 Å². The summed E-state index contributed by atoms with van der Waals surface area (Å²) >= 11 is 0. The van der Waals surface area contributed by atoms with Crippen molar-refractivity contribution < 1.29 is 18.5 Å². The molecule has 2 aliphatic heterocycles. The summed E-state index contributed by atoms with van der Waals surface area (Å²) in [6.45, 7) is 21.2. The first-order chi connectivity index (χ1) is 22.0. The summed E-state index contributed by atoms with van der Waals surface area (Å²) in [6, 6.07) is 26.8. The van der Waals surface area contributed by atoms with E-state index in [0.29, 0.717) is 0 Å². The number of rotatable bonds is 5. The lowest BCUT2D eigenvalue weighted by molar-refractivity contribution is -0.175. The summed E-state index contributed by atoms with van der Waals surface area (Å²) in [6.07, 6.45) is -1.18. The summed E-state index contributed by atoms with van der Waals surface area (Å²) in [5.41, 5.74) is 11.3. The summed E-state index contributed by atoms with van der Waals surface area (Å²) in [4.78, 5) is 0. The van der Waals surface area contributed by atoms with E-state index < -0.39 is 37.7 Å². The average molecular weight is 652 g/mol. The minimum atomic E-state index is -1.69. The number of nitrogens with zero attached hydrogens (tertiary/aromatic N) is 1. The van der Waals surface area contributed by atoms with E-state index in [2.05, 4.69) is 133 Å². The summed E-state index contributed by atoms with van der Waals surface area (Å²) in [5, 5.41) is 0. The molecule has 47 heavy (non-hydrogen) atoms. The maximum Gasteiger partial charge on any atom is 0.260 e. The number of fused-ring (bicyclic) bond motifs is 1. The van der Waals surface area contributed by atoms with Crippen LogP contribution in [0.25, 0.3) is 0 Å². The van der Waals surface area contributed by atoms with Crippen LogP contribution in [0.2, 0.25) is 0 Å². The Morgan fingerprint density at radius 3 is 0.894 bits per heavy atom. The van der Waals surface area contributed by atoms with Gasteiger partial charge >= 0.3 is 0 Å². The topological polar surface area (TPSA) is 40.2 Å². The molecule has 0 aliphatic carbocycles. The molecule has 0 amide bonds. The van der Waals surface area contributed by atoms with Crippen LogP contribution in [0.15, 0.2) is 72.8 Å². The molecule has 2 heterocycles. The van der Waals surface area contributed by atoms with Gasteiger partial charge in [0.25, 0.3) is 8.53 Å². The van der Waals surface area contributed by atoms with Crippen molar-refractivity contribution >= 4 is 8.53 Å². The molecular weight excluding hydrogens is 601 g/mol. The maximum absolute atomic E-state index is 7.64. The van der Waals surface area contributed by atoms with Crippen LogP contribution >= 0.6 is 8.53 Å². The predicted octanol–water partition coefficient (Wildman–Crippen LogP) is 9.70. The van der Waals surface area contributed by atoms with Crippen molar-refractivity contribution in [1.29, 1.82) is 0 Å². The molecule has 4 aromatic rings. The van der Waals surface area contributed by atoms with E-state index in [1.165, 1.54) is 0 Å². The summed E-state index contributed by atoms with van der Waals surface area (Å²) in [5.74, 6) is -0.924. The van der Waals surface area contributed by atoms with Gasteiger partial charge < -0.3 is 18.5 Å². The monoisotopic (exact) mass is 651 g/mol. The van der Waals surface area contributed by atoms with Gasteiger partial charge in [-0.25, -0.2) is 4.67 Å². The molecule has 2 fully saturated rings. The number of aryl methyl sites for hydroxylation is 8. The highest BCUT2D eigenvalue weighted by atomic mass is 31.2. The van der Waals surface area contributed by atoms with Crippen LogP contribution in [-0.2, 0) is 29.7 Å². The first kappa shape index (κ1) is 34.0. The predicted molar refractivity (Wildman–Crippen MR) is 192 cm³/mol. The maximum atomic E-state index is 7.64. The molecule has 0 bridgehead atoms. The standard InChI is InChI=1S/C41H50NO4P/c1-25-13-26(2)18-33(17-25)40(34-19-27(3)14-28(4)20-34)37-38(44-39(9,10)43-37)41(46-47(45-40)42(11)12,35-21-29(5)15-30(6)22-35)36-23-31(7)16-32(8)24-36/h13-24,37-38H,1-12H3/t37-,38-/m0/s1. The van der Waals surface area contributed by atoms with Gasteiger partial charge in [-0.3, -0.25) is 0 Å². The van der Waals surface area contributed by atoms with Crippen LogP contribution in [-0.4, -0.2) is 36.8 Å². The number of hydrogen-bond donors (Lipinski definition) is 0. The Kier molecular flexibility index (Phi) is 8.83. The van der Waals surface area contributed by atoms with Gasteiger partial charge in [-0.05, 0) is 106 Å². The van der Waals surface area contributed by atoms with Gasteiger partial charge in [-0.1, -0.05) is 117 Å². The van der Waals surface area contributed by atoms with Crippen LogP contribution in [0.3, 0.4) is 0 Å². The van der Waals surface area contributed by atoms with Crippen molar-refractivity contribution in [3.63, 3.8) is 0 Å². The lowest BCUT2D eigenvalue weighted by Crippen LogP contribution is -2.53. The van der Waals surface area contributed by atoms with Crippen LogP contribution in [0.4, 0.5) is 0 Å². The van der Waals surface area contributed by atoms with Crippen molar-refractivity contribution in [3.05, 3.63) is 140 Å². The van der Waals surface area contributed by atoms with Gasteiger partial charge in [0.2, 0.25) is 0 Å². The Balaban J connectivity index is 1.80. The van der Waals surface area contributed by atoms with E-state index in [0.717, 1.165) is 66.8 Å². The smallest absolute Gasteiger partial charge is 0.260 e. The van der Waals surface area contributed by atoms with E-state index in [1.807, 2.05) is 27.9 Å². The Morgan fingerprint density at radius 1 is 0.447 bits per heavy atom. The third-order valence-electron chi connectivity index (χ3n) is 9.27. The first-order valence-corrected chi connectivity index (χ1v) is 17.7. The molecule has 0 spiro atoms. The molecule has 0 saturated carbocycles. The van der Waals surface area contributed by atoms with Gasteiger partial charge in [-0.15, -0.1) is 0 Å². The van der Waals surface area contributed by atoms with Gasteiger partial charge in [0.15, 0.2) is 17.0 Å². The fraction of sp³-hybridized carbons (Fsp3) is 0.415. The van der Waals surface area contributed by atoms with E-state index in [4.69, 9.17) is 18.5 Å². The third-order valence-corrected chi connectivity index (χ3v) is 10.8. The van der Waals surface area contributed by atoms with Crippen molar-refractivity contribution in [3.8, 4) is 0 Å². The fourth-order valence-corrected chi connectivity index (χ4v) is 9.33. The Hall–Kier alpha value is -2.89. The van der Waals surface area contributed by atoms with E-state index in [-0.39, 0.29) is 0 Å². The van der Waals surface area contributed by atoms with Gasteiger partial charge in [0.05, 0.1) is 0 Å². The zero-order chi connectivity index (χ0) is 34.1. The zero-order valence-corrected chi connectivity index (χ0v) is 31.0. The Bertz CT molecular complexity index is 1520. The molecule has 2 saturated heterocycles. The molecule has 2 aliphatic rings. The van der Waals surface area contributed by atoms with Crippen molar-refractivity contribution in [2.24, 2.45) is 0 Å². The minimum Gasteiger partial charge on any atom is -0.341 e. The average Bonchev–Trinajstić information content (AvgIpc) is 3.20. The molecule has 0 N–H and O–H groups in total. The van der Waals surface area contributed by atoms with Gasteiger partial charge in [0, 0.05) is 0 Å². The molecule has 6 rings (SSSR count). The molecule has 0 radical (unpaired) electrons. The van der Waals surface area contributed by atoms with Gasteiger partial charge in [-0.2, -0.15) is 0 Å². The minimum absolute atomic E-state index is 0.589. The number of ether oxygens (including phenoxy) is 2. The molecule has 248 valence electrons. The number of benzene rings is 4. The molecule has 6 heteroatoms. The Morgan fingerprint density at radius 2 is 0.681 bits per heavy atom. The highest BCUT2D eigenvalue weighted by molar-refractivity contribution is 7.44. The van der Waals surface area contributed by atoms with E-state index in [9.17, 15) is 0 Å². The Labute approximate surface area is 283 Å². The lowest BCUT2D eigenvalue weighted by Gasteiger charge is -2.42. The van der Waals surface area contributed by atoms with Crippen molar-refractivity contribution in [1.82, 2.24) is 4.67 Å². The first-order valence-electron chi connectivity index (χ1n) is 16.6. The zero-order valence-electron chi connectivity index (χ0n) is 30.1. The van der Waals surface area contributed by atoms with Crippen molar-refractivity contribution in [2.45, 2.75) is 98.4 Å². The normalized spacial score (nSPS) is 21.9. The SMILES string of the molecule is Cc1cc(C)cc(C2(c3cc(C)cc(C)c3)OP(N(C)C)OC(c3cc(C)cc(C)c3)(c3cc(C)cc(C)c3)[C@H]3OC(C)(C)O[C@@H]32)c1. The summed E-state index contributed by atoms with van der Waals surface area (Å²) < 4.78 is 31.8. The van der Waals surface area contributed by atoms with Crippen LogP contribution in [0, 0.1) is 55.4 Å². The fourth-order valence-electron chi connectivity index (χ4n) is 7.85. The largest absolute Gasteiger partial charge is 0.341 e. The summed E-state index contributed by atoms with van der Waals surface area (Å²) in [7, 11) is 2.40. The number of hydrogen-bond acceptors (Lipinski definition) is 5. The van der Waals surface area contributed by atoms with Gasteiger partial charge in [0.1, 0.15) is 12.2 Å². The molecule has 0 aromatic heterocycles. The molecular formula is C41H50NO4P. The molecule has 0 unspecified atom stereocenters. The highest BCUT2D eigenvalue weighted by Gasteiger charge is 2.67. The lowest BCUT2D eigenvalue weighted by atomic mass is 9.70. The molecule has 5 nitrogen and oxygen atoms in total. The highest BCUT2D eigenvalue weighted by Crippen LogP contribution is 2.65. The quantitative estimate of drug-likeness (QED) is 0.201. The van der Waals surface area contributed by atoms with E-state index >= 15 is 0 Å². The second-order valence-corrected chi connectivity index (χ2v) is 16.4. The third kappa shape index (κ3) is 6.12. The second-order valence-electron chi connectivity index (χ2n) is 14.7. The molecule has 4 aromatic carbocycles.